The van der Waals surface area contributed by atoms with Gasteiger partial charge in [-0.15, -0.1) is 0 Å². The Morgan fingerprint density at radius 2 is 1.70 bits per heavy atom. The van der Waals surface area contributed by atoms with Crippen molar-refractivity contribution in [2.45, 2.75) is 58.9 Å². The predicted molar refractivity (Wildman–Crippen MR) is 118 cm³/mol. The smallest absolute Gasteiger partial charge is 0.295 e. The molecule has 0 aliphatic carbocycles. The summed E-state index contributed by atoms with van der Waals surface area (Å²) in [5.74, 6) is -0.890. The maximum Gasteiger partial charge on any atom is 0.295 e. The summed E-state index contributed by atoms with van der Waals surface area (Å²) in [7, 11) is 0. The molecule has 0 N–H and O–H groups in total. The van der Waals surface area contributed by atoms with Crippen molar-refractivity contribution >= 4 is 28.5 Å². The number of likely N-dealkylation sites (tertiary alicyclic amines) is 1. The minimum atomic E-state index is -0.495. The Kier molecular flexibility index (Phi) is 7.66. The van der Waals surface area contributed by atoms with Crippen LogP contribution in [0.15, 0.2) is 30.5 Å². The zero-order valence-corrected chi connectivity index (χ0v) is 18.2. The van der Waals surface area contributed by atoms with Crippen LogP contribution in [0.25, 0.3) is 10.9 Å². The molecule has 1 aliphatic rings. The van der Waals surface area contributed by atoms with Crippen LogP contribution in [0.3, 0.4) is 0 Å². The van der Waals surface area contributed by atoms with Crippen LogP contribution in [-0.2, 0) is 16.1 Å². The van der Waals surface area contributed by atoms with Gasteiger partial charge < -0.3 is 14.4 Å². The second kappa shape index (κ2) is 10.4. The lowest BCUT2D eigenvalue weighted by atomic mass is 10.1. The van der Waals surface area contributed by atoms with E-state index in [0.717, 1.165) is 49.7 Å². The van der Waals surface area contributed by atoms with E-state index < -0.39 is 11.7 Å². The van der Waals surface area contributed by atoms with E-state index in [4.69, 9.17) is 0 Å². The van der Waals surface area contributed by atoms with Gasteiger partial charge in [0.1, 0.15) is 6.54 Å². The number of nitrogens with zero attached hydrogens (tertiary/aromatic N) is 3. The predicted octanol–water partition coefficient (Wildman–Crippen LogP) is 3.88. The van der Waals surface area contributed by atoms with E-state index in [-0.39, 0.29) is 12.5 Å². The summed E-state index contributed by atoms with van der Waals surface area (Å²) in [5, 5.41) is 0.728. The van der Waals surface area contributed by atoms with Crippen molar-refractivity contribution in [1.82, 2.24) is 14.4 Å². The van der Waals surface area contributed by atoms with Gasteiger partial charge in [0.25, 0.3) is 11.7 Å². The number of amides is 2. The van der Waals surface area contributed by atoms with E-state index in [9.17, 15) is 14.4 Å². The third-order valence-electron chi connectivity index (χ3n) is 5.94. The summed E-state index contributed by atoms with van der Waals surface area (Å²) in [6.07, 6.45) is 7.96. The Morgan fingerprint density at radius 1 is 1.00 bits per heavy atom. The van der Waals surface area contributed by atoms with Crippen molar-refractivity contribution in [3.05, 3.63) is 36.0 Å². The van der Waals surface area contributed by atoms with E-state index >= 15 is 0 Å². The molecule has 2 heterocycles. The lowest BCUT2D eigenvalue weighted by Crippen LogP contribution is -2.37. The van der Waals surface area contributed by atoms with Crippen LogP contribution in [0.2, 0.25) is 0 Å². The highest BCUT2D eigenvalue weighted by atomic mass is 16.2. The van der Waals surface area contributed by atoms with Gasteiger partial charge >= 0.3 is 0 Å². The number of unbranched alkanes of at least 4 members (excludes halogenated alkanes) is 1. The minimum absolute atomic E-state index is 0.0705. The molecular weight excluding hydrogens is 378 g/mol. The Hall–Kier alpha value is -2.63. The summed E-state index contributed by atoms with van der Waals surface area (Å²) in [4.78, 5) is 42.3. The van der Waals surface area contributed by atoms with Gasteiger partial charge in [0.2, 0.25) is 5.91 Å². The molecule has 6 nitrogen and oxygen atoms in total. The number of benzene rings is 1. The average molecular weight is 412 g/mol. The molecule has 162 valence electrons. The summed E-state index contributed by atoms with van der Waals surface area (Å²) < 4.78 is 1.82. The monoisotopic (exact) mass is 411 g/mol. The second-order valence-electron chi connectivity index (χ2n) is 8.05. The molecule has 3 rings (SSSR count). The number of para-hydroxylation sites is 1. The molecule has 0 unspecified atom stereocenters. The molecule has 1 aromatic carbocycles. The van der Waals surface area contributed by atoms with Gasteiger partial charge in [0.15, 0.2) is 0 Å². The molecule has 0 atom stereocenters. The van der Waals surface area contributed by atoms with E-state index in [2.05, 4.69) is 6.92 Å². The second-order valence-corrected chi connectivity index (χ2v) is 8.05. The van der Waals surface area contributed by atoms with Crippen LogP contribution < -0.4 is 0 Å². The highest BCUT2D eigenvalue weighted by Gasteiger charge is 2.26. The summed E-state index contributed by atoms with van der Waals surface area (Å²) in [5.41, 5.74) is 1.20. The molecule has 0 saturated carbocycles. The highest BCUT2D eigenvalue weighted by molar-refractivity contribution is 6.44. The Morgan fingerprint density at radius 3 is 2.37 bits per heavy atom. The van der Waals surface area contributed by atoms with Crippen LogP contribution in [-0.4, -0.2) is 58.1 Å². The molecule has 0 bridgehead atoms. The van der Waals surface area contributed by atoms with Crippen molar-refractivity contribution in [3.63, 3.8) is 0 Å². The lowest BCUT2D eigenvalue weighted by molar-refractivity contribution is -0.131. The molecule has 2 aromatic rings. The standard InChI is InChI=1S/C24H33N3O3/c1-3-5-14-25(4-2)24(30)23(29)20-17-27(21-13-9-8-12-19(20)21)18-22(28)26-15-10-6-7-11-16-26/h8-9,12-13,17H,3-7,10-11,14-16,18H2,1-2H3. The van der Waals surface area contributed by atoms with Gasteiger partial charge in [-0.3, -0.25) is 14.4 Å². The van der Waals surface area contributed by atoms with Gasteiger partial charge in [-0.1, -0.05) is 44.4 Å². The zero-order chi connectivity index (χ0) is 21.5. The fourth-order valence-electron chi connectivity index (χ4n) is 4.14. The average Bonchev–Trinajstić information content (AvgIpc) is 2.93. The molecule has 6 heteroatoms. The first-order chi connectivity index (χ1) is 14.6. The van der Waals surface area contributed by atoms with Crippen molar-refractivity contribution in [2.24, 2.45) is 0 Å². The number of hydrogen-bond donors (Lipinski definition) is 0. The lowest BCUT2D eigenvalue weighted by Gasteiger charge is -2.20. The van der Waals surface area contributed by atoms with E-state index in [0.29, 0.717) is 18.7 Å². The van der Waals surface area contributed by atoms with E-state index in [1.54, 1.807) is 11.1 Å². The van der Waals surface area contributed by atoms with Crippen molar-refractivity contribution in [3.8, 4) is 0 Å². The SMILES string of the molecule is CCCCN(CC)C(=O)C(=O)c1cn(CC(=O)N2CCCCCC2)c2ccccc12. The highest BCUT2D eigenvalue weighted by Crippen LogP contribution is 2.23. The number of aromatic nitrogens is 1. The van der Waals surface area contributed by atoms with Gasteiger partial charge in [0, 0.05) is 43.3 Å². The summed E-state index contributed by atoms with van der Waals surface area (Å²) in [6.45, 7) is 6.84. The number of fused-ring (bicyclic) bond motifs is 1. The van der Waals surface area contributed by atoms with Crippen molar-refractivity contribution < 1.29 is 14.4 Å². The van der Waals surface area contributed by atoms with Gasteiger partial charge in [0.05, 0.1) is 5.56 Å². The molecule has 1 saturated heterocycles. The van der Waals surface area contributed by atoms with E-state index in [1.807, 2.05) is 40.7 Å². The number of carbonyl (C=O) groups is 3. The number of Topliss-reactive ketones (excluding diaryl/α,β-unsaturated/α-hetero) is 1. The first-order valence-electron chi connectivity index (χ1n) is 11.3. The topological polar surface area (TPSA) is 62.6 Å². The van der Waals surface area contributed by atoms with Gasteiger partial charge in [-0.05, 0) is 32.3 Å². The molecule has 1 fully saturated rings. The number of ketones is 1. The number of carbonyl (C=O) groups excluding carboxylic acids is 3. The third kappa shape index (κ3) is 4.91. The molecule has 1 aromatic heterocycles. The maximum absolute atomic E-state index is 13.1. The Balaban J connectivity index is 1.85. The van der Waals surface area contributed by atoms with E-state index in [1.165, 1.54) is 12.8 Å². The number of likely N-dealkylation sites (N-methyl/N-ethyl adjacent to an activating group) is 1. The molecule has 30 heavy (non-hydrogen) atoms. The molecule has 0 radical (unpaired) electrons. The van der Waals surface area contributed by atoms with Crippen molar-refractivity contribution in [2.75, 3.05) is 26.2 Å². The molecule has 0 spiro atoms. The normalized spacial score (nSPS) is 14.5. The van der Waals surface area contributed by atoms with Crippen LogP contribution in [0.5, 0.6) is 0 Å². The first-order valence-corrected chi connectivity index (χ1v) is 11.3. The zero-order valence-electron chi connectivity index (χ0n) is 18.2. The van der Waals surface area contributed by atoms with Crippen molar-refractivity contribution in [1.29, 1.82) is 0 Å². The molecular formula is C24H33N3O3. The van der Waals surface area contributed by atoms with Crippen LogP contribution in [0, 0.1) is 0 Å². The minimum Gasteiger partial charge on any atom is -0.341 e. The summed E-state index contributed by atoms with van der Waals surface area (Å²) >= 11 is 0. The fourth-order valence-corrected chi connectivity index (χ4v) is 4.14. The van der Waals surface area contributed by atoms with Crippen LogP contribution >= 0.6 is 0 Å². The quantitative estimate of drug-likeness (QED) is 0.489. The van der Waals surface area contributed by atoms with Gasteiger partial charge in [-0.2, -0.15) is 0 Å². The van der Waals surface area contributed by atoms with Crippen LogP contribution in [0.4, 0.5) is 0 Å². The van der Waals surface area contributed by atoms with Crippen LogP contribution in [0.1, 0.15) is 62.7 Å². The largest absolute Gasteiger partial charge is 0.341 e. The maximum atomic E-state index is 13.1. The Labute approximate surface area is 178 Å². The first kappa shape index (κ1) is 22.1. The number of rotatable bonds is 8. The molecule has 1 aliphatic heterocycles. The summed E-state index contributed by atoms with van der Waals surface area (Å²) in [6, 6.07) is 7.51. The third-order valence-corrected chi connectivity index (χ3v) is 5.94. The fraction of sp³-hybridized carbons (Fsp3) is 0.542. The number of hydrogen-bond acceptors (Lipinski definition) is 3. The Bertz CT molecular complexity index is 894. The van der Waals surface area contributed by atoms with Gasteiger partial charge in [-0.25, -0.2) is 0 Å². The molecule has 2 amide bonds.